The number of aromatic nitrogens is 1. The van der Waals surface area contributed by atoms with E-state index in [0.29, 0.717) is 5.41 Å². The summed E-state index contributed by atoms with van der Waals surface area (Å²) in [5.74, 6) is 1.16. The number of pyridine rings is 1. The first-order chi connectivity index (χ1) is 9.08. The van der Waals surface area contributed by atoms with E-state index in [4.69, 9.17) is 4.99 Å². The Balaban J connectivity index is 2.07. The maximum atomic E-state index is 4.72. The molecule has 104 valence electrons. The van der Waals surface area contributed by atoms with E-state index < -0.39 is 0 Å². The molecule has 2 rings (SSSR count). The van der Waals surface area contributed by atoms with Gasteiger partial charge in [0.15, 0.2) is 5.17 Å². The molecule has 1 N–H and O–H groups in total. The zero-order valence-corrected chi connectivity index (χ0v) is 13.1. The summed E-state index contributed by atoms with van der Waals surface area (Å²) in [6, 6.07) is 4.12. The molecule has 3 nitrogen and oxygen atoms in total. The first kappa shape index (κ1) is 14.4. The molecule has 1 aromatic heterocycles. The van der Waals surface area contributed by atoms with E-state index in [-0.39, 0.29) is 0 Å². The summed E-state index contributed by atoms with van der Waals surface area (Å²) in [6.07, 6.45) is 2.41. The Morgan fingerprint density at radius 2 is 2.00 bits per heavy atom. The second kappa shape index (κ2) is 5.95. The third-order valence-electron chi connectivity index (χ3n) is 4.04. The molecule has 1 aliphatic heterocycles. The van der Waals surface area contributed by atoms with Crippen molar-refractivity contribution >= 4 is 22.6 Å². The van der Waals surface area contributed by atoms with Crippen LogP contribution in [0.3, 0.4) is 0 Å². The van der Waals surface area contributed by atoms with Gasteiger partial charge in [0.25, 0.3) is 0 Å². The normalized spacial score (nSPS) is 18.0. The smallest absolute Gasteiger partial charge is 0.161 e. The van der Waals surface area contributed by atoms with Crippen LogP contribution in [0.4, 0.5) is 5.69 Å². The van der Waals surface area contributed by atoms with Crippen molar-refractivity contribution in [2.75, 3.05) is 17.6 Å². The lowest BCUT2D eigenvalue weighted by molar-refractivity contribution is 0.318. The minimum Gasteiger partial charge on any atom is -0.334 e. The molecule has 19 heavy (non-hydrogen) atoms. The molecule has 0 amide bonds. The molecule has 0 unspecified atom stereocenters. The quantitative estimate of drug-likeness (QED) is 0.906. The van der Waals surface area contributed by atoms with Gasteiger partial charge < -0.3 is 5.32 Å². The van der Waals surface area contributed by atoms with Crippen LogP contribution in [0.5, 0.6) is 0 Å². The van der Waals surface area contributed by atoms with Gasteiger partial charge in [0, 0.05) is 18.0 Å². The Morgan fingerprint density at radius 3 is 2.53 bits per heavy atom. The van der Waals surface area contributed by atoms with Crippen LogP contribution in [0, 0.1) is 19.3 Å². The predicted molar refractivity (Wildman–Crippen MR) is 85.1 cm³/mol. The molecule has 0 atom stereocenters. The van der Waals surface area contributed by atoms with Crippen molar-refractivity contribution < 1.29 is 0 Å². The monoisotopic (exact) mass is 277 g/mol. The fourth-order valence-corrected chi connectivity index (χ4v) is 3.52. The van der Waals surface area contributed by atoms with Crippen molar-refractivity contribution in [2.45, 2.75) is 40.5 Å². The number of amidine groups is 1. The van der Waals surface area contributed by atoms with Gasteiger partial charge in [-0.1, -0.05) is 25.6 Å². The predicted octanol–water partition coefficient (Wildman–Crippen LogP) is 4.02. The Hall–Kier alpha value is -1.03. The molecule has 0 aliphatic carbocycles. The number of nitrogens with one attached hydrogen (secondary N) is 1. The van der Waals surface area contributed by atoms with Crippen molar-refractivity contribution in [3.05, 3.63) is 23.5 Å². The van der Waals surface area contributed by atoms with Gasteiger partial charge in [0.2, 0.25) is 0 Å². The summed E-state index contributed by atoms with van der Waals surface area (Å²) >= 11 is 1.84. The summed E-state index contributed by atoms with van der Waals surface area (Å²) in [5, 5.41) is 4.45. The van der Waals surface area contributed by atoms with Crippen LogP contribution in [0.25, 0.3) is 0 Å². The summed E-state index contributed by atoms with van der Waals surface area (Å²) in [5.41, 5.74) is 3.55. The van der Waals surface area contributed by atoms with Crippen molar-refractivity contribution in [1.82, 2.24) is 4.98 Å². The number of hydrogen-bond donors (Lipinski definition) is 1. The van der Waals surface area contributed by atoms with Gasteiger partial charge in [0.1, 0.15) is 0 Å². The van der Waals surface area contributed by atoms with Gasteiger partial charge in [-0.3, -0.25) is 9.98 Å². The maximum absolute atomic E-state index is 4.72. The molecular weight excluding hydrogens is 254 g/mol. The number of nitrogens with zero attached hydrogens (tertiary/aromatic N) is 2. The molecule has 1 aromatic rings. The second-order valence-electron chi connectivity index (χ2n) is 5.33. The number of hydrogen-bond acceptors (Lipinski definition) is 4. The highest BCUT2D eigenvalue weighted by atomic mass is 32.2. The fraction of sp³-hybridized carbons (Fsp3) is 0.600. The standard InChI is InChI=1S/C15H23N3S/c1-5-15(6-2)9-16-14(19-10-15)18-13-8-7-11(3)17-12(13)4/h7-8H,5-6,9-10H2,1-4H3,(H,16,18). The molecular formula is C15H23N3S. The third kappa shape index (κ3) is 3.30. The minimum atomic E-state index is 0.399. The number of thioether (sulfide) groups is 1. The van der Waals surface area contributed by atoms with E-state index in [1.54, 1.807) is 0 Å². The van der Waals surface area contributed by atoms with Gasteiger partial charge in [-0.05, 0) is 44.2 Å². The topological polar surface area (TPSA) is 37.3 Å². The zero-order valence-electron chi connectivity index (χ0n) is 12.3. The molecule has 4 heteroatoms. The Morgan fingerprint density at radius 1 is 1.26 bits per heavy atom. The van der Waals surface area contributed by atoms with E-state index in [2.05, 4.69) is 30.2 Å². The lowest BCUT2D eigenvalue weighted by Gasteiger charge is -2.33. The summed E-state index contributed by atoms with van der Waals surface area (Å²) in [4.78, 5) is 9.20. The Bertz CT molecular complexity index is 478. The first-order valence-corrected chi connectivity index (χ1v) is 7.95. The van der Waals surface area contributed by atoms with Crippen molar-refractivity contribution in [1.29, 1.82) is 0 Å². The van der Waals surface area contributed by atoms with E-state index in [1.807, 2.05) is 31.7 Å². The number of aryl methyl sites for hydroxylation is 2. The second-order valence-corrected chi connectivity index (χ2v) is 6.29. The van der Waals surface area contributed by atoms with Gasteiger partial charge in [-0.2, -0.15) is 0 Å². The van der Waals surface area contributed by atoms with Crippen molar-refractivity contribution in [3.63, 3.8) is 0 Å². The molecule has 0 saturated heterocycles. The highest BCUT2D eigenvalue weighted by molar-refractivity contribution is 8.14. The van der Waals surface area contributed by atoms with Crippen LogP contribution in [0.2, 0.25) is 0 Å². The first-order valence-electron chi connectivity index (χ1n) is 6.97. The van der Waals surface area contributed by atoms with Crippen LogP contribution in [-0.2, 0) is 0 Å². The largest absolute Gasteiger partial charge is 0.334 e. The molecule has 1 aliphatic rings. The number of aliphatic imine (C=N–C) groups is 1. The average molecular weight is 277 g/mol. The van der Waals surface area contributed by atoms with Crippen molar-refractivity contribution in [2.24, 2.45) is 10.4 Å². The summed E-state index contributed by atoms with van der Waals surface area (Å²) < 4.78 is 0. The lowest BCUT2D eigenvalue weighted by atomic mass is 9.84. The lowest BCUT2D eigenvalue weighted by Crippen LogP contribution is -2.32. The van der Waals surface area contributed by atoms with Crippen LogP contribution < -0.4 is 5.32 Å². The van der Waals surface area contributed by atoms with Crippen LogP contribution in [0.15, 0.2) is 17.1 Å². The van der Waals surface area contributed by atoms with Gasteiger partial charge in [-0.25, -0.2) is 0 Å². The SMILES string of the molecule is CCC1(CC)CN=C(Nc2ccc(C)nc2C)SC1. The molecule has 2 heterocycles. The minimum absolute atomic E-state index is 0.399. The maximum Gasteiger partial charge on any atom is 0.161 e. The van der Waals surface area contributed by atoms with Crippen LogP contribution in [0.1, 0.15) is 38.1 Å². The molecule has 0 spiro atoms. The van der Waals surface area contributed by atoms with E-state index in [9.17, 15) is 0 Å². The van der Waals surface area contributed by atoms with Gasteiger partial charge in [-0.15, -0.1) is 0 Å². The van der Waals surface area contributed by atoms with Crippen LogP contribution >= 0.6 is 11.8 Å². The van der Waals surface area contributed by atoms with E-state index in [1.165, 1.54) is 12.8 Å². The highest BCUT2D eigenvalue weighted by Crippen LogP contribution is 2.35. The Kier molecular flexibility index (Phi) is 4.50. The number of anilines is 1. The zero-order chi connectivity index (χ0) is 13.9. The third-order valence-corrected chi connectivity index (χ3v) is 5.30. The molecule has 0 fully saturated rings. The Labute approximate surface area is 120 Å². The average Bonchev–Trinajstić information content (AvgIpc) is 2.43. The number of rotatable bonds is 3. The molecule has 0 aromatic carbocycles. The van der Waals surface area contributed by atoms with Crippen molar-refractivity contribution in [3.8, 4) is 0 Å². The molecule has 0 saturated carbocycles. The van der Waals surface area contributed by atoms with Gasteiger partial charge in [0.05, 0.1) is 11.4 Å². The molecule has 0 bridgehead atoms. The van der Waals surface area contributed by atoms with Gasteiger partial charge >= 0.3 is 0 Å². The highest BCUT2D eigenvalue weighted by Gasteiger charge is 2.30. The summed E-state index contributed by atoms with van der Waals surface area (Å²) in [7, 11) is 0. The summed E-state index contributed by atoms with van der Waals surface area (Å²) in [6.45, 7) is 9.53. The van der Waals surface area contributed by atoms with E-state index in [0.717, 1.165) is 34.5 Å². The van der Waals surface area contributed by atoms with Crippen LogP contribution in [-0.4, -0.2) is 22.4 Å². The molecule has 0 radical (unpaired) electrons. The van der Waals surface area contributed by atoms with E-state index >= 15 is 0 Å². The fourth-order valence-electron chi connectivity index (χ4n) is 2.24.